The van der Waals surface area contributed by atoms with Crippen molar-refractivity contribution in [2.75, 3.05) is 9.80 Å². The Hall–Kier alpha value is -9.90. The molecule has 0 N–H and O–H groups in total. The van der Waals surface area contributed by atoms with Crippen LogP contribution in [0.5, 0.6) is 0 Å². The largest absolute Gasteiger partial charge is 0.310 e. The molecule has 0 spiro atoms. The van der Waals surface area contributed by atoms with Gasteiger partial charge in [-0.15, -0.1) is 0 Å². The third-order valence-corrected chi connectivity index (χ3v) is 14.7. The van der Waals surface area contributed by atoms with Gasteiger partial charge in [0.25, 0.3) is 0 Å². The van der Waals surface area contributed by atoms with Gasteiger partial charge in [0.15, 0.2) is 0 Å². The minimum atomic E-state index is 1.09. The predicted octanol–water partition coefficient (Wildman–Crippen LogP) is 19.3. The maximum Gasteiger partial charge on any atom is 0.0542 e. The Morgan fingerprint density at radius 1 is 0.230 bits per heavy atom. The fraction of sp³-hybridized carbons (Fsp3) is 0. The van der Waals surface area contributed by atoms with Crippen LogP contribution in [0.1, 0.15) is 0 Å². The summed E-state index contributed by atoms with van der Waals surface area (Å²) in [4.78, 5) is 4.74. The molecule has 12 aromatic carbocycles. The molecular weight excluding hydrogens is 897 g/mol. The minimum Gasteiger partial charge on any atom is -0.310 e. The standard InChI is InChI=1S/C70H48N4/c1-5-21-52(22-6-1)71(58-43-45-68-64(47-58)62-29-13-15-33-66(62)73(68)54-25-9-3-10-26-54)56-39-35-49(36-40-56)60-31-17-19-51-20-18-32-61(70(51)60)50-37-41-57(42-38-50)72(53-23-7-2-8-24-53)59-44-46-69-65(48-59)63-30-14-16-34-67(63)74(69)55-27-11-4-12-28-55/h1-48H. The van der Waals surface area contributed by atoms with Crippen molar-refractivity contribution in [1.82, 2.24) is 9.13 Å². The number of para-hydroxylation sites is 6. The van der Waals surface area contributed by atoms with Crippen molar-refractivity contribution in [3.8, 4) is 33.6 Å². The van der Waals surface area contributed by atoms with E-state index in [2.05, 4.69) is 310 Å². The topological polar surface area (TPSA) is 16.3 Å². The number of hydrogen-bond donors (Lipinski definition) is 0. The third kappa shape index (κ3) is 7.31. The van der Waals surface area contributed by atoms with Gasteiger partial charge in [0.05, 0.1) is 22.1 Å². The van der Waals surface area contributed by atoms with Crippen LogP contribution in [0.4, 0.5) is 34.1 Å². The van der Waals surface area contributed by atoms with Crippen molar-refractivity contribution >= 4 is 88.5 Å². The second-order valence-corrected chi connectivity index (χ2v) is 18.9. The summed E-state index contributed by atoms with van der Waals surface area (Å²) >= 11 is 0. The van der Waals surface area contributed by atoms with Gasteiger partial charge < -0.3 is 18.9 Å². The van der Waals surface area contributed by atoms with Gasteiger partial charge in [0.2, 0.25) is 0 Å². The lowest BCUT2D eigenvalue weighted by molar-refractivity contribution is 1.18. The zero-order valence-electron chi connectivity index (χ0n) is 40.5. The summed E-state index contributed by atoms with van der Waals surface area (Å²) in [6.07, 6.45) is 0. The van der Waals surface area contributed by atoms with Crippen LogP contribution in [-0.2, 0) is 0 Å². The van der Waals surface area contributed by atoms with Crippen LogP contribution < -0.4 is 9.80 Å². The fourth-order valence-electron chi connectivity index (χ4n) is 11.4. The lowest BCUT2D eigenvalue weighted by Gasteiger charge is -2.26. The van der Waals surface area contributed by atoms with Gasteiger partial charge in [0.1, 0.15) is 0 Å². The first-order chi connectivity index (χ1) is 36.7. The third-order valence-electron chi connectivity index (χ3n) is 14.7. The van der Waals surface area contributed by atoms with Crippen molar-refractivity contribution in [1.29, 1.82) is 0 Å². The van der Waals surface area contributed by atoms with E-state index in [1.54, 1.807) is 0 Å². The molecule has 0 aliphatic heterocycles. The first-order valence-electron chi connectivity index (χ1n) is 25.3. The zero-order chi connectivity index (χ0) is 49.0. The zero-order valence-corrected chi connectivity index (χ0v) is 40.5. The summed E-state index contributed by atoms with van der Waals surface area (Å²) in [6, 6.07) is 105. The minimum absolute atomic E-state index is 1.09. The molecule has 4 nitrogen and oxygen atoms in total. The van der Waals surface area contributed by atoms with Gasteiger partial charge in [0, 0.05) is 67.0 Å². The van der Waals surface area contributed by atoms with E-state index in [1.165, 1.54) is 65.5 Å². The van der Waals surface area contributed by atoms with Crippen molar-refractivity contribution in [2.24, 2.45) is 0 Å². The lowest BCUT2D eigenvalue weighted by Crippen LogP contribution is -2.09. The molecule has 0 saturated heterocycles. The van der Waals surface area contributed by atoms with Gasteiger partial charge in [-0.25, -0.2) is 0 Å². The molecule has 0 aliphatic carbocycles. The van der Waals surface area contributed by atoms with Gasteiger partial charge in [-0.2, -0.15) is 0 Å². The summed E-state index contributed by atoms with van der Waals surface area (Å²) in [7, 11) is 0. The number of rotatable bonds is 10. The Bertz CT molecular complexity index is 4050. The summed E-state index contributed by atoms with van der Waals surface area (Å²) in [6.45, 7) is 0. The maximum atomic E-state index is 2.37. The molecule has 0 atom stereocenters. The van der Waals surface area contributed by atoms with Crippen LogP contribution in [-0.4, -0.2) is 9.13 Å². The van der Waals surface area contributed by atoms with Gasteiger partial charge in [-0.1, -0.05) is 170 Å². The molecule has 4 heteroatoms. The van der Waals surface area contributed by atoms with E-state index >= 15 is 0 Å². The Kier molecular flexibility index (Phi) is 10.5. The average molecular weight is 945 g/mol. The monoisotopic (exact) mass is 944 g/mol. The van der Waals surface area contributed by atoms with Crippen LogP contribution in [0.2, 0.25) is 0 Å². The van der Waals surface area contributed by atoms with E-state index in [4.69, 9.17) is 0 Å². The number of fused-ring (bicyclic) bond motifs is 7. The molecule has 348 valence electrons. The summed E-state index contributed by atoms with van der Waals surface area (Å²) < 4.78 is 4.74. The summed E-state index contributed by atoms with van der Waals surface area (Å²) in [5, 5.41) is 7.33. The summed E-state index contributed by atoms with van der Waals surface area (Å²) in [5.41, 5.74) is 18.4. The first kappa shape index (κ1) is 42.9. The lowest BCUT2D eigenvalue weighted by atomic mass is 9.91. The van der Waals surface area contributed by atoms with Crippen LogP contribution in [0.25, 0.3) is 88.0 Å². The van der Waals surface area contributed by atoms with Crippen molar-refractivity contribution in [2.45, 2.75) is 0 Å². The van der Waals surface area contributed by atoms with Crippen molar-refractivity contribution in [3.05, 3.63) is 291 Å². The molecule has 14 aromatic rings. The quantitative estimate of drug-likeness (QED) is 0.136. The molecule has 0 radical (unpaired) electrons. The van der Waals surface area contributed by atoms with Crippen LogP contribution in [0, 0.1) is 0 Å². The number of anilines is 6. The van der Waals surface area contributed by atoms with E-state index in [0.717, 1.165) is 56.6 Å². The Labute approximate surface area is 430 Å². The number of nitrogens with zero attached hydrogens (tertiary/aromatic N) is 4. The van der Waals surface area contributed by atoms with E-state index in [0.29, 0.717) is 0 Å². The smallest absolute Gasteiger partial charge is 0.0542 e. The highest BCUT2D eigenvalue weighted by atomic mass is 15.1. The van der Waals surface area contributed by atoms with Crippen molar-refractivity contribution in [3.63, 3.8) is 0 Å². The van der Waals surface area contributed by atoms with Gasteiger partial charge in [-0.05, 0) is 154 Å². The number of aromatic nitrogens is 2. The van der Waals surface area contributed by atoms with E-state index in [1.807, 2.05) is 0 Å². The molecule has 0 saturated carbocycles. The van der Waals surface area contributed by atoms with Gasteiger partial charge >= 0.3 is 0 Å². The predicted molar refractivity (Wildman–Crippen MR) is 313 cm³/mol. The Morgan fingerprint density at radius 3 is 0.986 bits per heavy atom. The molecule has 0 bridgehead atoms. The fourth-order valence-corrected chi connectivity index (χ4v) is 11.4. The highest BCUT2D eigenvalue weighted by Gasteiger charge is 2.20. The highest BCUT2D eigenvalue weighted by molar-refractivity contribution is 6.12. The van der Waals surface area contributed by atoms with Crippen LogP contribution in [0.15, 0.2) is 291 Å². The molecule has 0 fully saturated rings. The maximum absolute atomic E-state index is 2.37. The second kappa shape index (κ2) is 18.1. The van der Waals surface area contributed by atoms with Crippen LogP contribution >= 0.6 is 0 Å². The van der Waals surface area contributed by atoms with Crippen LogP contribution in [0.3, 0.4) is 0 Å². The molecule has 14 rings (SSSR count). The molecule has 0 aliphatic rings. The molecular formula is C70H48N4. The van der Waals surface area contributed by atoms with E-state index in [-0.39, 0.29) is 0 Å². The molecule has 0 unspecified atom stereocenters. The molecule has 2 aromatic heterocycles. The SMILES string of the molecule is c1ccc(N(c2ccc(-c3cccc4cccc(-c5ccc(N(c6ccccc6)c6ccc7c(c6)c6ccccc6n7-c6ccccc6)cc5)c34)cc2)c2ccc3c(c2)c2ccccc2n3-c2ccccc2)cc1. The average Bonchev–Trinajstić information content (AvgIpc) is 3.99. The first-order valence-corrected chi connectivity index (χ1v) is 25.3. The van der Waals surface area contributed by atoms with E-state index < -0.39 is 0 Å². The molecule has 0 amide bonds. The van der Waals surface area contributed by atoms with E-state index in [9.17, 15) is 0 Å². The number of hydrogen-bond acceptors (Lipinski definition) is 2. The molecule has 74 heavy (non-hydrogen) atoms. The second-order valence-electron chi connectivity index (χ2n) is 18.9. The molecule has 2 heterocycles. The van der Waals surface area contributed by atoms with Crippen molar-refractivity contribution < 1.29 is 0 Å². The van der Waals surface area contributed by atoms with Gasteiger partial charge in [-0.3, -0.25) is 0 Å². The Morgan fingerprint density at radius 2 is 0.568 bits per heavy atom. The highest BCUT2D eigenvalue weighted by Crippen LogP contribution is 2.44. The normalized spacial score (nSPS) is 11.5. The summed E-state index contributed by atoms with van der Waals surface area (Å²) in [5.74, 6) is 0. The number of benzene rings is 12. The Balaban J connectivity index is 0.834.